The number of hydrogen-bond donors (Lipinski definition) is 0. The van der Waals surface area contributed by atoms with Crippen molar-refractivity contribution < 1.29 is 4.42 Å². The van der Waals surface area contributed by atoms with Crippen molar-refractivity contribution >= 4 is 75.3 Å². The van der Waals surface area contributed by atoms with Crippen molar-refractivity contribution in [2.75, 3.05) is 0 Å². The van der Waals surface area contributed by atoms with Crippen LogP contribution in [0.25, 0.3) is 114 Å². The maximum atomic E-state index is 6.95. The van der Waals surface area contributed by atoms with Crippen molar-refractivity contribution in [2.45, 2.75) is 19.3 Å². The molecule has 0 radical (unpaired) electrons. The molecule has 60 heavy (non-hydrogen) atoms. The first-order valence-corrected chi connectivity index (χ1v) is 21.6. The molecule has 3 aromatic heterocycles. The molecular formula is C57H37NOS. The highest BCUT2D eigenvalue weighted by Crippen LogP contribution is 2.53. The van der Waals surface area contributed by atoms with Crippen molar-refractivity contribution in [1.82, 2.24) is 4.57 Å². The molecule has 0 aliphatic heterocycles. The molecule has 0 bridgehead atoms. The van der Waals surface area contributed by atoms with Crippen molar-refractivity contribution in [3.05, 3.63) is 199 Å². The van der Waals surface area contributed by atoms with Gasteiger partial charge in [-0.15, -0.1) is 11.3 Å². The van der Waals surface area contributed by atoms with Gasteiger partial charge in [-0.25, -0.2) is 0 Å². The Bertz CT molecular complexity index is 3730. The number of furan rings is 1. The zero-order valence-electron chi connectivity index (χ0n) is 33.2. The van der Waals surface area contributed by atoms with Crippen LogP contribution in [0.15, 0.2) is 192 Å². The third kappa shape index (κ3) is 4.75. The molecule has 0 fully saturated rings. The van der Waals surface area contributed by atoms with E-state index in [4.69, 9.17) is 4.42 Å². The SMILES string of the molecule is CC1(C)c2ccccc2-c2c1ccc1c2oc2c(-c3ccc(-c4ccc5c(c4)c4cc(-c6ccc7sc8ccccc8c7c6)ccc4n5-c4ccccc4)cc3)cccc21. The number of nitrogens with zero attached hydrogens (tertiary/aromatic N) is 1. The summed E-state index contributed by atoms with van der Waals surface area (Å²) in [6.45, 7) is 4.65. The number of hydrogen-bond acceptors (Lipinski definition) is 2. The van der Waals surface area contributed by atoms with Gasteiger partial charge in [0.2, 0.25) is 0 Å². The predicted octanol–water partition coefficient (Wildman–Crippen LogP) is 16.4. The van der Waals surface area contributed by atoms with Gasteiger partial charge in [-0.3, -0.25) is 0 Å². The quantitative estimate of drug-likeness (QED) is 0.174. The first-order chi connectivity index (χ1) is 29.5. The van der Waals surface area contributed by atoms with E-state index in [1.54, 1.807) is 0 Å². The maximum absolute atomic E-state index is 6.95. The number of rotatable bonds is 4. The lowest BCUT2D eigenvalue weighted by atomic mass is 9.82. The van der Waals surface area contributed by atoms with E-state index in [-0.39, 0.29) is 5.41 Å². The fourth-order valence-corrected chi connectivity index (χ4v) is 11.3. The van der Waals surface area contributed by atoms with Crippen LogP contribution in [0.5, 0.6) is 0 Å². The zero-order chi connectivity index (χ0) is 39.7. The molecule has 0 amide bonds. The van der Waals surface area contributed by atoms with Crippen LogP contribution in [0, 0.1) is 0 Å². The normalized spacial score (nSPS) is 13.3. The van der Waals surface area contributed by atoms with Gasteiger partial charge in [0, 0.05) is 63.9 Å². The Morgan fingerprint density at radius 2 is 0.983 bits per heavy atom. The fourth-order valence-electron chi connectivity index (χ4n) is 10.3. The summed E-state index contributed by atoms with van der Waals surface area (Å²) in [6.07, 6.45) is 0. The molecule has 2 nitrogen and oxygen atoms in total. The number of aromatic nitrogens is 1. The lowest BCUT2D eigenvalue weighted by Crippen LogP contribution is -2.14. The Labute approximate surface area is 351 Å². The maximum Gasteiger partial charge on any atom is 0.143 e. The van der Waals surface area contributed by atoms with Gasteiger partial charge >= 0.3 is 0 Å². The van der Waals surface area contributed by atoms with Gasteiger partial charge in [0.1, 0.15) is 11.2 Å². The number of para-hydroxylation sites is 2. The van der Waals surface area contributed by atoms with E-state index in [1.807, 2.05) is 11.3 Å². The number of fused-ring (bicyclic) bond motifs is 13. The summed E-state index contributed by atoms with van der Waals surface area (Å²) < 4.78 is 12.0. The second kappa shape index (κ2) is 12.4. The summed E-state index contributed by atoms with van der Waals surface area (Å²) in [4.78, 5) is 0. The van der Waals surface area contributed by atoms with Crippen molar-refractivity contribution in [3.63, 3.8) is 0 Å². The van der Waals surface area contributed by atoms with Crippen molar-refractivity contribution in [2.24, 2.45) is 0 Å². The van der Waals surface area contributed by atoms with Crippen LogP contribution >= 0.6 is 11.3 Å². The molecule has 0 spiro atoms. The van der Waals surface area contributed by atoms with Gasteiger partial charge in [-0.1, -0.05) is 147 Å². The fraction of sp³-hybridized carbons (Fsp3) is 0.0526. The molecule has 3 heterocycles. The summed E-state index contributed by atoms with van der Waals surface area (Å²) in [5, 5.41) is 7.45. The lowest BCUT2D eigenvalue weighted by Gasteiger charge is -2.21. The van der Waals surface area contributed by atoms with E-state index in [0.717, 1.165) is 33.4 Å². The molecule has 3 heteroatoms. The van der Waals surface area contributed by atoms with Crippen LogP contribution in [-0.4, -0.2) is 4.57 Å². The topological polar surface area (TPSA) is 18.1 Å². The minimum absolute atomic E-state index is 0.0752. The van der Waals surface area contributed by atoms with Gasteiger partial charge in [-0.2, -0.15) is 0 Å². The Morgan fingerprint density at radius 3 is 1.78 bits per heavy atom. The van der Waals surface area contributed by atoms with E-state index in [0.29, 0.717) is 0 Å². The highest BCUT2D eigenvalue weighted by atomic mass is 32.1. The molecule has 9 aromatic carbocycles. The standard InChI is InChI=1S/C57H37NOS/c1-57(2)48-17-8-6-14-44(48)54-49(57)27-26-43-42-16-10-15-40(55(42)59-56(43)54)35-21-19-34(20-22-35)36-23-28-50-45(31-36)46-32-37(24-29-51(46)58(50)39-11-4-3-5-12-39)38-25-30-53-47(33-38)41-13-7-9-18-52(41)60-53/h3-33H,1-2H3. The third-order valence-electron chi connectivity index (χ3n) is 13.2. The van der Waals surface area contributed by atoms with Crippen molar-refractivity contribution in [3.8, 4) is 50.2 Å². The molecule has 1 aliphatic carbocycles. The van der Waals surface area contributed by atoms with E-state index >= 15 is 0 Å². The second-order valence-corrected chi connectivity index (χ2v) is 17.9. The first-order valence-electron chi connectivity index (χ1n) is 20.7. The first kappa shape index (κ1) is 33.7. The molecule has 0 N–H and O–H groups in total. The van der Waals surface area contributed by atoms with Crippen LogP contribution in [-0.2, 0) is 5.41 Å². The largest absolute Gasteiger partial charge is 0.455 e. The Hall–Kier alpha value is -7.20. The molecule has 1 aliphatic rings. The van der Waals surface area contributed by atoms with Gasteiger partial charge in [0.05, 0.1) is 11.0 Å². The molecule has 282 valence electrons. The monoisotopic (exact) mass is 783 g/mol. The van der Waals surface area contributed by atoms with Gasteiger partial charge < -0.3 is 8.98 Å². The molecule has 12 aromatic rings. The third-order valence-corrected chi connectivity index (χ3v) is 14.4. The summed E-state index contributed by atoms with van der Waals surface area (Å²) in [6, 6.07) is 69.3. The molecule has 0 saturated heterocycles. The average molecular weight is 784 g/mol. The van der Waals surface area contributed by atoms with E-state index in [1.165, 1.54) is 91.9 Å². The Kier molecular flexibility index (Phi) is 6.98. The molecule has 13 rings (SSSR count). The van der Waals surface area contributed by atoms with Gasteiger partial charge in [0.15, 0.2) is 0 Å². The minimum Gasteiger partial charge on any atom is -0.455 e. The highest BCUT2D eigenvalue weighted by molar-refractivity contribution is 7.25. The minimum atomic E-state index is -0.0752. The molecular weight excluding hydrogens is 747 g/mol. The highest BCUT2D eigenvalue weighted by Gasteiger charge is 2.37. The van der Waals surface area contributed by atoms with Crippen LogP contribution < -0.4 is 0 Å². The summed E-state index contributed by atoms with van der Waals surface area (Å²) >= 11 is 1.86. The summed E-state index contributed by atoms with van der Waals surface area (Å²) in [5.74, 6) is 0. The van der Waals surface area contributed by atoms with Crippen LogP contribution in [0.1, 0.15) is 25.0 Å². The van der Waals surface area contributed by atoms with Gasteiger partial charge in [-0.05, 0) is 99.1 Å². The lowest BCUT2D eigenvalue weighted by molar-refractivity contribution is 0.653. The van der Waals surface area contributed by atoms with Crippen LogP contribution in [0.4, 0.5) is 0 Å². The molecule has 0 unspecified atom stereocenters. The molecule has 0 saturated carbocycles. The summed E-state index contributed by atoms with van der Waals surface area (Å²) in [7, 11) is 0. The van der Waals surface area contributed by atoms with Gasteiger partial charge in [0.25, 0.3) is 0 Å². The number of benzene rings is 9. The van der Waals surface area contributed by atoms with Crippen molar-refractivity contribution in [1.29, 1.82) is 0 Å². The zero-order valence-corrected chi connectivity index (χ0v) is 34.0. The second-order valence-electron chi connectivity index (χ2n) is 16.8. The van der Waals surface area contributed by atoms with E-state index in [2.05, 4.69) is 206 Å². The number of thiophene rings is 1. The van der Waals surface area contributed by atoms with E-state index in [9.17, 15) is 0 Å². The predicted molar refractivity (Wildman–Crippen MR) is 255 cm³/mol. The molecule has 0 atom stereocenters. The summed E-state index contributed by atoms with van der Waals surface area (Å²) in [5.41, 5.74) is 17.7. The Morgan fingerprint density at radius 1 is 0.400 bits per heavy atom. The van der Waals surface area contributed by atoms with E-state index < -0.39 is 0 Å². The average Bonchev–Trinajstić information content (AvgIpc) is 4.03. The Balaban J connectivity index is 0.928. The van der Waals surface area contributed by atoms with Crippen LogP contribution in [0.3, 0.4) is 0 Å². The smallest absolute Gasteiger partial charge is 0.143 e. The van der Waals surface area contributed by atoms with Crippen LogP contribution in [0.2, 0.25) is 0 Å².